The zero-order valence-electron chi connectivity index (χ0n) is 30.9. The van der Waals surface area contributed by atoms with Gasteiger partial charge in [-0.25, -0.2) is 0 Å². The van der Waals surface area contributed by atoms with Crippen molar-refractivity contribution in [3.63, 3.8) is 0 Å². The molecule has 2 aromatic rings. The van der Waals surface area contributed by atoms with Gasteiger partial charge < -0.3 is 44.8 Å². The van der Waals surface area contributed by atoms with Crippen molar-refractivity contribution in [1.29, 1.82) is 0 Å². The van der Waals surface area contributed by atoms with E-state index in [9.17, 15) is 9.59 Å². The normalized spacial score (nSPS) is 32.6. The average Bonchev–Trinajstić information content (AvgIpc) is 3.79. The van der Waals surface area contributed by atoms with Gasteiger partial charge in [-0.05, 0) is 57.2 Å². The molecule has 14 heteroatoms. The lowest BCUT2D eigenvalue weighted by Gasteiger charge is -2.38. The van der Waals surface area contributed by atoms with Gasteiger partial charge in [0, 0.05) is 28.8 Å². The van der Waals surface area contributed by atoms with Gasteiger partial charge in [-0.3, -0.25) is 9.59 Å². The molecule has 14 atom stereocenters. The number of carbonyl (C=O) groups excluding carboxylic acids is 2. The molecule has 14 nitrogen and oxygen atoms in total. The minimum atomic E-state index is -0.676. The number of fused-ring (bicyclic) bond motifs is 4. The number of ether oxygens (including phenoxy) is 6. The standard InChI is InChI=1S/C19H26N4O4.C19H28N2O4/c1-11(9-14-7-5-4-6-8-14)21-18(24)13(3)26-17-12(2)15-10-25-19(27-15)16(17)22-23-20;1-11(9-14-7-5-4-6-8-14)21-18(22)13(3)24-17-12(2)15-10-23-19(25-15)16(17)20/h4-8,11-13,15-17,19H,9-10H2,1-3H3,(H,21,24);4-8,11-13,15-17,19H,9-10,20H2,1-3H3,(H,21,22)/t2*11-,12-,13-,15-,16-,17+,19-/m11/s1. The smallest absolute Gasteiger partial charge is 0.249 e. The van der Waals surface area contributed by atoms with Crippen molar-refractivity contribution in [1.82, 2.24) is 10.6 Å². The van der Waals surface area contributed by atoms with Gasteiger partial charge in [-0.1, -0.05) is 79.6 Å². The molecule has 4 bridgehead atoms. The Bertz CT molecular complexity index is 1480. The molecule has 0 spiro atoms. The molecular weight excluding hydrogens is 668 g/mol. The van der Waals surface area contributed by atoms with E-state index in [0.717, 1.165) is 18.4 Å². The van der Waals surface area contributed by atoms with Crippen LogP contribution in [0.25, 0.3) is 10.4 Å². The molecule has 0 saturated carbocycles. The van der Waals surface area contributed by atoms with Gasteiger partial charge in [-0.2, -0.15) is 0 Å². The van der Waals surface area contributed by atoms with Crippen molar-refractivity contribution >= 4 is 11.8 Å². The maximum absolute atomic E-state index is 12.6. The van der Waals surface area contributed by atoms with Crippen LogP contribution in [-0.4, -0.2) is 98.4 Å². The van der Waals surface area contributed by atoms with Gasteiger partial charge in [-0.15, -0.1) is 0 Å². The van der Waals surface area contributed by atoms with Gasteiger partial charge >= 0.3 is 0 Å². The van der Waals surface area contributed by atoms with Crippen molar-refractivity contribution in [3.05, 3.63) is 82.2 Å². The molecule has 4 saturated heterocycles. The molecule has 4 fully saturated rings. The molecule has 4 N–H and O–H groups in total. The van der Waals surface area contributed by atoms with E-state index in [0.29, 0.717) is 13.2 Å². The fourth-order valence-electron chi connectivity index (χ4n) is 7.16. The number of amides is 2. The zero-order valence-corrected chi connectivity index (χ0v) is 30.9. The molecule has 6 rings (SSSR count). The Morgan fingerprint density at radius 1 is 0.788 bits per heavy atom. The van der Waals surface area contributed by atoms with Crippen LogP contribution >= 0.6 is 0 Å². The molecule has 0 aliphatic carbocycles. The molecule has 4 heterocycles. The number of nitrogens with zero attached hydrogens (tertiary/aromatic N) is 3. The summed E-state index contributed by atoms with van der Waals surface area (Å²) in [6.07, 6.45) is -1.58. The van der Waals surface area contributed by atoms with E-state index in [4.69, 9.17) is 39.7 Å². The van der Waals surface area contributed by atoms with E-state index >= 15 is 0 Å². The number of hydrogen-bond donors (Lipinski definition) is 3. The first kappa shape index (κ1) is 39.6. The van der Waals surface area contributed by atoms with Gasteiger partial charge in [0.15, 0.2) is 12.6 Å². The maximum atomic E-state index is 12.6. The summed E-state index contributed by atoms with van der Waals surface area (Å²) in [7, 11) is 0. The monoisotopic (exact) mass is 722 g/mol. The summed E-state index contributed by atoms with van der Waals surface area (Å²) < 4.78 is 34.5. The van der Waals surface area contributed by atoms with Crippen LogP contribution in [0.15, 0.2) is 65.8 Å². The minimum absolute atomic E-state index is 0.0120. The second-order valence-electron chi connectivity index (χ2n) is 14.4. The van der Waals surface area contributed by atoms with Crippen LogP contribution in [0, 0.1) is 11.8 Å². The van der Waals surface area contributed by atoms with E-state index in [-0.39, 0.29) is 60.1 Å². The van der Waals surface area contributed by atoms with Crippen LogP contribution in [0.5, 0.6) is 0 Å². The SMILES string of the molecule is C[C@H]1[C@H](O[C@H](C)C(=O)N[C@H](C)Cc2ccccc2)[C@@H](N)[C@@H]2OC[C@H]1O2.C[C@H]1[C@H](O[C@H](C)C(=O)N[C@H](C)Cc2ccccc2)[C@@H](N=[N+]=[N-])[C@@H]2OC[C@H]1O2. The predicted molar refractivity (Wildman–Crippen MR) is 193 cm³/mol. The summed E-state index contributed by atoms with van der Waals surface area (Å²) >= 11 is 0. The zero-order chi connectivity index (χ0) is 37.4. The highest BCUT2D eigenvalue weighted by molar-refractivity contribution is 5.81. The largest absolute Gasteiger partial charge is 0.364 e. The molecule has 2 amide bonds. The van der Waals surface area contributed by atoms with Crippen LogP contribution in [-0.2, 0) is 50.9 Å². The van der Waals surface area contributed by atoms with Crippen molar-refractivity contribution < 1.29 is 38.0 Å². The van der Waals surface area contributed by atoms with E-state index in [1.165, 1.54) is 5.56 Å². The van der Waals surface area contributed by atoms with Crippen LogP contribution in [0.4, 0.5) is 0 Å². The molecule has 284 valence electrons. The first-order valence-electron chi connectivity index (χ1n) is 18.3. The topological polar surface area (TPSA) is 188 Å². The molecule has 2 aromatic carbocycles. The molecule has 0 radical (unpaired) electrons. The molecule has 0 unspecified atom stereocenters. The summed E-state index contributed by atoms with van der Waals surface area (Å²) in [5.74, 6) is -0.269. The van der Waals surface area contributed by atoms with Crippen LogP contribution in [0.1, 0.15) is 52.7 Å². The summed E-state index contributed by atoms with van der Waals surface area (Å²) in [4.78, 5) is 27.9. The van der Waals surface area contributed by atoms with Gasteiger partial charge in [0.05, 0.1) is 43.7 Å². The van der Waals surface area contributed by atoms with E-state index in [1.807, 2.05) is 76.2 Å². The molecule has 0 aromatic heterocycles. The lowest BCUT2D eigenvalue weighted by Crippen LogP contribution is -2.57. The maximum Gasteiger partial charge on any atom is 0.249 e. The highest BCUT2D eigenvalue weighted by Gasteiger charge is 2.50. The van der Waals surface area contributed by atoms with Crippen molar-refractivity contribution in [2.75, 3.05) is 13.2 Å². The van der Waals surface area contributed by atoms with Gasteiger partial charge in [0.1, 0.15) is 18.2 Å². The Morgan fingerprint density at radius 2 is 1.23 bits per heavy atom. The Labute approximate surface area is 306 Å². The fourth-order valence-corrected chi connectivity index (χ4v) is 7.16. The van der Waals surface area contributed by atoms with E-state index in [2.05, 4.69) is 32.8 Å². The second kappa shape index (κ2) is 18.4. The number of nitrogens with one attached hydrogen (secondary N) is 2. The van der Waals surface area contributed by atoms with Crippen LogP contribution < -0.4 is 16.4 Å². The summed E-state index contributed by atoms with van der Waals surface area (Å²) in [5.41, 5.74) is 17.4. The van der Waals surface area contributed by atoms with Crippen LogP contribution in [0.3, 0.4) is 0 Å². The Hall–Kier alpha value is -3.59. The van der Waals surface area contributed by atoms with E-state index < -0.39 is 36.9 Å². The van der Waals surface area contributed by atoms with Crippen molar-refractivity contribution in [2.24, 2.45) is 22.7 Å². The quantitative estimate of drug-likeness (QED) is 0.157. The van der Waals surface area contributed by atoms with Crippen molar-refractivity contribution in [2.45, 2.75) is 128 Å². The Morgan fingerprint density at radius 3 is 1.73 bits per heavy atom. The van der Waals surface area contributed by atoms with Crippen LogP contribution in [0.2, 0.25) is 0 Å². The lowest BCUT2D eigenvalue weighted by atomic mass is 9.91. The third kappa shape index (κ3) is 10.1. The number of benzene rings is 2. The summed E-state index contributed by atoms with van der Waals surface area (Å²) in [6.45, 7) is 12.4. The number of rotatable bonds is 13. The third-order valence-electron chi connectivity index (χ3n) is 10.2. The molecule has 52 heavy (non-hydrogen) atoms. The molecule has 4 aliphatic heterocycles. The Kier molecular flexibility index (Phi) is 14.0. The summed E-state index contributed by atoms with van der Waals surface area (Å²) in [5, 5.41) is 9.80. The first-order valence-corrected chi connectivity index (χ1v) is 18.3. The second-order valence-corrected chi connectivity index (χ2v) is 14.4. The first-order chi connectivity index (χ1) is 24.9. The number of hydrogen-bond acceptors (Lipinski definition) is 10. The fraction of sp³-hybridized carbons (Fsp3) is 0.632. The predicted octanol–water partition coefficient (Wildman–Crippen LogP) is 3.80. The minimum Gasteiger partial charge on any atom is -0.364 e. The number of nitrogens with two attached hydrogens (primary N) is 1. The van der Waals surface area contributed by atoms with E-state index in [1.54, 1.807) is 13.8 Å². The lowest BCUT2D eigenvalue weighted by molar-refractivity contribution is -0.182. The Balaban J connectivity index is 0.000000202. The molecule has 4 aliphatic rings. The van der Waals surface area contributed by atoms with Crippen molar-refractivity contribution in [3.8, 4) is 0 Å². The number of azide groups is 1. The highest BCUT2D eigenvalue weighted by Crippen LogP contribution is 2.36. The van der Waals surface area contributed by atoms with Gasteiger partial charge in [0.2, 0.25) is 11.8 Å². The van der Waals surface area contributed by atoms with Gasteiger partial charge in [0.25, 0.3) is 0 Å². The third-order valence-corrected chi connectivity index (χ3v) is 10.2. The number of carbonyl (C=O) groups is 2. The molecular formula is C38H54N6O8. The highest BCUT2D eigenvalue weighted by atomic mass is 16.7. The average molecular weight is 723 g/mol. The summed E-state index contributed by atoms with van der Waals surface area (Å²) in [6, 6.07) is 19.1.